The Bertz CT molecular complexity index is 592. The van der Waals surface area contributed by atoms with Crippen molar-refractivity contribution in [3.63, 3.8) is 0 Å². The molecule has 22 heavy (non-hydrogen) atoms. The minimum atomic E-state index is -0.0793. The summed E-state index contributed by atoms with van der Waals surface area (Å²) in [4.78, 5) is 0. The minimum absolute atomic E-state index is 0.0672. The highest BCUT2D eigenvalue weighted by Gasteiger charge is 2.28. The first-order chi connectivity index (χ1) is 10.8. The maximum Gasteiger partial charge on any atom is 0.0835 e. The van der Waals surface area contributed by atoms with Gasteiger partial charge in [0, 0.05) is 0 Å². The van der Waals surface area contributed by atoms with Crippen LogP contribution in [0.1, 0.15) is 30.1 Å². The van der Waals surface area contributed by atoms with Crippen LogP contribution in [0.15, 0.2) is 66.7 Å². The molecule has 1 N–H and O–H groups in total. The third-order valence-corrected chi connectivity index (χ3v) is 4.17. The van der Waals surface area contributed by atoms with E-state index in [0.717, 1.165) is 12.8 Å². The van der Waals surface area contributed by atoms with Gasteiger partial charge >= 0.3 is 0 Å². The van der Waals surface area contributed by atoms with Crippen LogP contribution in [0.2, 0.25) is 0 Å². The van der Waals surface area contributed by atoms with Crippen LogP contribution in [-0.2, 0) is 4.74 Å². The molecule has 0 unspecified atom stereocenters. The first-order valence-corrected chi connectivity index (χ1v) is 7.89. The summed E-state index contributed by atoms with van der Waals surface area (Å²) in [6.07, 6.45) is 6.26. The van der Waals surface area contributed by atoms with Crippen molar-refractivity contribution >= 4 is 6.08 Å². The Balaban J connectivity index is 1.72. The van der Waals surface area contributed by atoms with Gasteiger partial charge in [0.25, 0.3) is 0 Å². The first-order valence-electron chi connectivity index (χ1n) is 7.89. The van der Waals surface area contributed by atoms with Crippen molar-refractivity contribution < 1.29 is 9.84 Å². The van der Waals surface area contributed by atoms with Crippen LogP contribution in [0.4, 0.5) is 0 Å². The predicted molar refractivity (Wildman–Crippen MR) is 89.3 cm³/mol. The predicted octanol–water partition coefficient (Wildman–Crippen LogP) is 4.23. The molecule has 2 heteroatoms. The largest absolute Gasteiger partial charge is 0.394 e. The molecular weight excluding hydrogens is 272 g/mol. The number of hydrogen-bond acceptors (Lipinski definition) is 2. The van der Waals surface area contributed by atoms with Crippen LogP contribution in [-0.4, -0.2) is 17.8 Å². The molecule has 114 valence electrons. The molecule has 2 aromatic rings. The van der Waals surface area contributed by atoms with Gasteiger partial charge in [0.2, 0.25) is 0 Å². The maximum atomic E-state index is 9.51. The molecule has 0 aliphatic carbocycles. The van der Waals surface area contributed by atoms with Crippen LogP contribution in [0.5, 0.6) is 0 Å². The molecule has 1 saturated heterocycles. The van der Waals surface area contributed by atoms with Gasteiger partial charge in [-0.2, -0.15) is 0 Å². The molecule has 1 aliphatic heterocycles. The van der Waals surface area contributed by atoms with Gasteiger partial charge in [-0.05, 0) is 29.9 Å². The van der Waals surface area contributed by atoms with Crippen molar-refractivity contribution in [1.82, 2.24) is 0 Å². The van der Waals surface area contributed by atoms with Crippen molar-refractivity contribution in [2.75, 3.05) is 6.61 Å². The molecule has 1 fully saturated rings. The Kier molecular flexibility index (Phi) is 5.04. The summed E-state index contributed by atoms with van der Waals surface area (Å²) >= 11 is 0. The Hall–Kier alpha value is -1.90. The zero-order valence-corrected chi connectivity index (χ0v) is 12.6. The van der Waals surface area contributed by atoms with Gasteiger partial charge in [0.15, 0.2) is 0 Å². The van der Waals surface area contributed by atoms with Gasteiger partial charge in [0.1, 0.15) is 0 Å². The second-order valence-electron chi connectivity index (χ2n) is 5.84. The van der Waals surface area contributed by atoms with Crippen molar-refractivity contribution in [3.8, 4) is 0 Å². The average Bonchev–Trinajstić information content (AvgIpc) is 2.61. The van der Waals surface area contributed by atoms with Crippen LogP contribution in [0.3, 0.4) is 0 Å². The molecular formula is C20H22O2. The molecule has 0 radical (unpaired) electrons. The minimum Gasteiger partial charge on any atom is -0.394 e. The fourth-order valence-corrected chi connectivity index (χ4v) is 3.02. The SMILES string of the molecule is OC[C@@H]1C[C@@H](/C=C/c2ccccc2)C[C@H](c2ccccc2)O1. The third kappa shape index (κ3) is 3.85. The van der Waals surface area contributed by atoms with E-state index < -0.39 is 0 Å². The highest BCUT2D eigenvalue weighted by atomic mass is 16.5. The molecule has 2 nitrogen and oxygen atoms in total. The lowest BCUT2D eigenvalue weighted by Gasteiger charge is -2.33. The zero-order valence-electron chi connectivity index (χ0n) is 12.6. The van der Waals surface area contributed by atoms with Gasteiger partial charge in [-0.3, -0.25) is 0 Å². The summed E-state index contributed by atoms with van der Waals surface area (Å²) in [5.41, 5.74) is 2.41. The van der Waals surface area contributed by atoms with Gasteiger partial charge in [0.05, 0.1) is 18.8 Å². The molecule has 0 bridgehead atoms. The highest BCUT2D eigenvalue weighted by molar-refractivity contribution is 5.49. The number of aliphatic hydroxyl groups excluding tert-OH is 1. The maximum absolute atomic E-state index is 9.51. The average molecular weight is 294 g/mol. The van der Waals surface area contributed by atoms with E-state index >= 15 is 0 Å². The van der Waals surface area contributed by atoms with Crippen LogP contribution < -0.4 is 0 Å². The first kappa shape index (κ1) is 15.0. The zero-order chi connectivity index (χ0) is 15.2. The van der Waals surface area contributed by atoms with E-state index in [1.807, 2.05) is 36.4 Å². The van der Waals surface area contributed by atoms with E-state index in [9.17, 15) is 5.11 Å². The second-order valence-corrected chi connectivity index (χ2v) is 5.84. The van der Waals surface area contributed by atoms with Gasteiger partial charge in [-0.1, -0.05) is 72.8 Å². The molecule has 3 rings (SSSR count). The Morgan fingerprint density at radius 2 is 1.64 bits per heavy atom. The van der Waals surface area contributed by atoms with Gasteiger partial charge in [-0.25, -0.2) is 0 Å². The molecule has 0 saturated carbocycles. The van der Waals surface area contributed by atoms with E-state index in [1.165, 1.54) is 11.1 Å². The van der Waals surface area contributed by atoms with E-state index in [4.69, 9.17) is 4.74 Å². The van der Waals surface area contributed by atoms with Gasteiger partial charge in [-0.15, -0.1) is 0 Å². The number of aliphatic hydroxyl groups is 1. The summed E-state index contributed by atoms with van der Waals surface area (Å²) in [7, 11) is 0. The second kappa shape index (κ2) is 7.39. The van der Waals surface area contributed by atoms with Crippen molar-refractivity contribution in [2.24, 2.45) is 5.92 Å². The van der Waals surface area contributed by atoms with E-state index in [2.05, 4.69) is 36.4 Å². The summed E-state index contributed by atoms with van der Waals surface area (Å²) in [5.74, 6) is 0.427. The van der Waals surface area contributed by atoms with Crippen molar-refractivity contribution in [3.05, 3.63) is 77.9 Å². The number of benzene rings is 2. The van der Waals surface area contributed by atoms with Crippen LogP contribution in [0.25, 0.3) is 6.08 Å². The number of rotatable bonds is 4. The molecule has 0 spiro atoms. The topological polar surface area (TPSA) is 29.5 Å². The summed E-state index contributed by atoms with van der Waals surface area (Å²) in [5, 5.41) is 9.51. The fraction of sp³-hybridized carbons (Fsp3) is 0.300. The smallest absolute Gasteiger partial charge is 0.0835 e. The monoisotopic (exact) mass is 294 g/mol. The Labute approximate surface area is 132 Å². The van der Waals surface area contributed by atoms with Crippen molar-refractivity contribution in [2.45, 2.75) is 25.0 Å². The van der Waals surface area contributed by atoms with E-state index in [-0.39, 0.29) is 18.8 Å². The Morgan fingerprint density at radius 1 is 0.955 bits per heavy atom. The molecule has 1 heterocycles. The highest BCUT2D eigenvalue weighted by Crippen LogP contribution is 2.35. The normalized spacial score (nSPS) is 25.4. The Morgan fingerprint density at radius 3 is 2.32 bits per heavy atom. The van der Waals surface area contributed by atoms with Crippen LogP contribution >= 0.6 is 0 Å². The molecule has 1 aliphatic rings. The molecule has 3 atom stereocenters. The fourth-order valence-electron chi connectivity index (χ4n) is 3.02. The number of hydrogen-bond donors (Lipinski definition) is 1. The van der Waals surface area contributed by atoms with E-state index in [1.54, 1.807) is 0 Å². The summed E-state index contributed by atoms with van der Waals surface area (Å²) < 4.78 is 6.02. The van der Waals surface area contributed by atoms with Gasteiger partial charge < -0.3 is 9.84 Å². The quantitative estimate of drug-likeness (QED) is 0.914. The summed E-state index contributed by atoms with van der Waals surface area (Å²) in [6.45, 7) is 0.0824. The van der Waals surface area contributed by atoms with Crippen LogP contribution in [0, 0.1) is 5.92 Å². The third-order valence-electron chi connectivity index (χ3n) is 4.17. The number of ether oxygens (including phenoxy) is 1. The lowest BCUT2D eigenvalue weighted by atomic mass is 9.88. The summed E-state index contributed by atoms with van der Waals surface area (Å²) in [6, 6.07) is 20.6. The molecule has 0 amide bonds. The molecule has 2 aromatic carbocycles. The lowest BCUT2D eigenvalue weighted by molar-refractivity contribution is -0.0857. The number of allylic oxidation sites excluding steroid dienone is 1. The lowest BCUT2D eigenvalue weighted by Crippen LogP contribution is -2.30. The van der Waals surface area contributed by atoms with Crippen molar-refractivity contribution in [1.29, 1.82) is 0 Å². The van der Waals surface area contributed by atoms with E-state index in [0.29, 0.717) is 5.92 Å². The molecule has 0 aromatic heterocycles. The standard InChI is InChI=1S/C20H22O2/c21-15-19-13-17(12-11-16-7-3-1-4-8-16)14-20(22-19)18-9-5-2-6-10-18/h1-12,17,19-21H,13-15H2/b12-11+/t17-,19+,20-/m1/s1.